The van der Waals surface area contributed by atoms with Gasteiger partial charge in [0.05, 0.1) is 39.6 Å². The number of rotatable bonds is 13. The van der Waals surface area contributed by atoms with Crippen LogP contribution in [0, 0.1) is 27.7 Å². The summed E-state index contributed by atoms with van der Waals surface area (Å²) in [6.07, 6.45) is 1.28. The minimum atomic E-state index is -0.798. The molecule has 0 unspecified atom stereocenters. The van der Waals surface area contributed by atoms with Gasteiger partial charge in [-0.15, -0.1) is 0 Å². The number of hydrogen-bond acceptors (Lipinski definition) is 8. The molecule has 10 nitrogen and oxygen atoms in total. The van der Waals surface area contributed by atoms with E-state index in [1.807, 2.05) is 52.0 Å². The molecule has 0 aliphatic carbocycles. The van der Waals surface area contributed by atoms with Crippen molar-refractivity contribution in [1.82, 2.24) is 0 Å². The Balaban J connectivity index is 0.000000551. The molecule has 6 N–H and O–H groups in total. The Bertz CT molecular complexity index is 862. The summed E-state index contributed by atoms with van der Waals surface area (Å²) < 4.78 is 9.75. The lowest BCUT2D eigenvalue weighted by atomic mass is 10.0. The molecule has 2 rings (SSSR count). The van der Waals surface area contributed by atoms with Gasteiger partial charge in [0.25, 0.3) is 0 Å². The van der Waals surface area contributed by atoms with Crippen LogP contribution in [-0.4, -0.2) is 82.2 Å². The van der Waals surface area contributed by atoms with E-state index in [0.29, 0.717) is 50.8 Å². The number of benzene rings is 2. The number of phenolic OH excluding ortho intramolecular Hbond substituents is 2. The lowest BCUT2D eigenvalue weighted by Gasteiger charge is -2.06. The second-order valence-electron chi connectivity index (χ2n) is 8.62. The first-order valence-electron chi connectivity index (χ1n) is 12.3. The number of aliphatic carboxylic acids is 2. The van der Waals surface area contributed by atoms with Crippen LogP contribution >= 0.6 is 0 Å². The summed E-state index contributed by atoms with van der Waals surface area (Å²) in [6, 6.07) is 7.30. The van der Waals surface area contributed by atoms with Gasteiger partial charge in [0.2, 0.25) is 0 Å². The molecule has 0 radical (unpaired) electrons. The molecule has 0 aliphatic rings. The van der Waals surface area contributed by atoms with Gasteiger partial charge in [0.1, 0.15) is 11.5 Å². The Morgan fingerprint density at radius 3 is 1.13 bits per heavy atom. The maximum Gasteiger partial charge on any atom is 0.303 e. The zero-order valence-electron chi connectivity index (χ0n) is 22.7. The molecule has 0 saturated carbocycles. The highest BCUT2D eigenvalue weighted by Gasteiger charge is 2.06. The molecule has 0 fully saturated rings. The van der Waals surface area contributed by atoms with Gasteiger partial charge >= 0.3 is 11.9 Å². The zero-order chi connectivity index (χ0) is 29.1. The second kappa shape index (κ2) is 19.9. The molecule has 2 aromatic carbocycles. The third kappa shape index (κ3) is 15.8. The van der Waals surface area contributed by atoms with Crippen LogP contribution in [0.1, 0.15) is 46.2 Å². The van der Waals surface area contributed by atoms with Crippen LogP contribution < -0.4 is 0 Å². The molecule has 0 heterocycles. The summed E-state index contributed by atoms with van der Waals surface area (Å²) in [4.78, 5) is 20.7. The lowest BCUT2D eigenvalue weighted by Crippen LogP contribution is -2.09. The first-order chi connectivity index (χ1) is 17.9. The number of aryl methyl sites for hydroxylation is 6. The van der Waals surface area contributed by atoms with E-state index in [9.17, 15) is 19.8 Å². The van der Waals surface area contributed by atoms with E-state index in [1.54, 1.807) is 0 Å². The highest BCUT2D eigenvalue weighted by atomic mass is 16.5. The van der Waals surface area contributed by atoms with Crippen LogP contribution in [0.15, 0.2) is 24.3 Å². The van der Waals surface area contributed by atoms with E-state index >= 15 is 0 Å². The largest absolute Gasteiger partial charge is 0.507 e. The van der Waals surface area contributed by atoms with Crippen LogP contribution in [0.25, 0.3) is 0 Å². The summed E-state index contributed by atoms with van der Waals surface area (Å²) in [7, 11) is 0. The van der Waals surface area contributed by atoms with Crippen molar-refractivity contribution < 1.29 is 49.7 Å². The normalized spacial score (nSPS) is 10.2. The van der Waals surface area contributed by atoms with Gasteiger partial charge in [-0.3, -0.25) is 9.59 Å². The van der Waals surface area contributed by atoms with Crippen molar-refractivity contribution in [2.75, 3.05) is 39.6 Å². The number of phenols is 2. The van der Waals surface area contributed by atoms with Crippen LogP contribution in [0.3, 0.4) is 0 Å². The molecular weight excluding hydrogens is 496 g/mol. The maximum absolute atomic E-state index is 10.4. The fraction of sp³-hybridized carbons (Fsp3) is 0.500. The fourth-order valence-electron chi connectivity index (χ4n) is 3.33. The SMILES string of the molecule is Cc1cc(CCC(=O)O)cc(C)c1O.Cc1cc(CCC(=O)O)cc(C)c1O.OCCOCCOCCO. The fourth-order valence-corrected chi connectivity index (χ4v) is 3.33. The molecule has 0 aromatic heterocycles. The molecule has 0 saturated heterocycles. The maximum atomic E-state index is 10.4. The molecular formula is C28H42O10. The third-order valence-corrected chi connectivity index (χ3v) is 5.20. The van der Waals surface area contributed by atoms with Crippen molar-refractivity contribution in [3.63, 3.8) is 0 Å². The summed E-state index contributed by atoms with van der Waals surface area (Å²) >= 11 is 0. The molecule has 214 valence electrons. The molecule has 10 heteroatoms. The highest BCUT2D eigenvalue weighted by Crippen LogP contribution is 2.24. The monoisotopic (exact) mass is 538 g/mol. The first kappa shape index (κ1) is 34.8. The van der Waals surface area contributed by atoms with E-state index in [-0.39, 0.29) is 26.1 Å². The van der Waals surface area contributed by atoms with Gasteiger partial charge in [-0.2, -0.15) is 0 Å². The Morgan fingerprint density at radius 2 is 0.895 bits per heavy atom. The Hall–Kier alpha value is -3.18. The molecule has 0 aliphatic heterocycles. The van der Waals surface area contributed by atoms with Crippen LogP contribution in [0.4, 0.5) is 0 Å². The van der Waals surface area contributed by atoms with Gasteiger partial charge in [0.15, 0.2) is 0 Å². The summed E-state index contributed by atoms with van der Waals surface area (Å²) in [5, 5.41) is 52.5. The van der Waals surface area contributed by atoms with E-state index < -0.39 is 11.9 Å². The first-order valence-corrected chi connectivity index (χ1v) is 12.3. The number of aromatic hydroxyl groups is 2. The number of carboxylic acids is 2. The van der Waals surface area contributed by atoms with E-state index in [1.165, 1.54) is 0 Å². The van der Waals surface area contributed by atoms with Crippen LogP contribution in [0.5, 0.6) is 11.5 Å². The van der Waals surface area contributed by atoms with Crippen molar-refractivity contribution in [3.05, 3.63) is 57.6 Å². The van der Waals surface area contributed by atoms with Crippen LogP contribution in [-0.2, 0) is 31.9 Å². The smallest absolute Gasteiger partial charge is 0.303 e. The number of hydrogen-bond donors (Lipinski definition) is 6. The standard InChI is InChI=1S/2C11H14O3.C6H14O4/c2*1-7-5-9(3-4-10(12)13)6-8(2)11(7)14;7-1-3-9-5-6-10-4-2-8/h2*5-6,14H,3-4H2,1-2H3,(H,12,13);7-8H,1-6H2. The lowest BCUT2D eigenvalue weighted by molar-refractivity contribution is -0.138. The number of aliphatic hydroxyl groups excluding tert-OH is 2. The Morgan fingerprint density at radius 1 is 0.605 bits per heavy atom. The van der Waals surface area contributed by atoms with E-state index in [0.717, 1.165) is 33.4 Å². The molecule has 38 heavy (non-hydrogen) atoms. The topological polar surface area (TPSA) is 174 Å². The highest BCUT2D eigenvalue weighted by molar-refractivity contribution is 5.67. The minimum Gasteiger partial charge on any atom is -0.507 e. The predicted molar refractivity (Wildman–Crippen MR) is 143 cm³/mol. The minimum absolute atomic E-state index is 0.0417. The molecule has 0 bridgehead atoms. The Kier molecular flexibility index (Phi) is 18.2. The summed E-state index contributed by atoms with van der Waals surface area (Å²) in [5.41, 5.74) is 5.10. The van der Waals surface area contributed by atoms with Crippen molar-refractivity contribution in [2.45, 2.75) is 53.4 Å². The van der Waals surface area contributed by atoms with E-state index in [2.05, 4.69) is 0 Å². The summed E-state index contributed by atoms with van der Waals surface area (Å²) in [6.45, 7) is 8.98. The predicted octanol–water partition coefficient (Wildman–Crippen LogP) is 3.06. The molecule has 2 aromatic rings. The average molecular weight is 539 g/mol. The molecule has 0 amide bonds. The second-order valence-corrected chi connectivity index (χ2v) is 8.62. The van der Waals surface area contributed by atoms with E-state index in [4.69, 9.17) is 29.9 Å². The van der Waals surface area contributed by atoms with Gasteiger partial charge < -0.3 is 40.1 Å². The van der Waals surface area contributed by atoms with Gasteiger partial charge in [-0.25, -0.2) is 0 Å². The number of ether oxygens (including phenoxy) is 2. The van der Waals surface area contributed by atoms with Crippen molar-refractivity contribution in [1.29, 1.82) is 0 Å². The van der Waals surface area contributed by atoms with Crippen LogP contribution in [0.2, 0.25) is 0 Å². The number of aliphatic hydroxyl groups is 2. The average Bonchev–Trinajstić information content (AvgIpc) is 2.86. The Labute approximate surface area is 224 Å². The van der Waals surface area contributed by atoms with Crippen molar-refractivity contribution >= 4 is 11.9 Å². The van der Waals surface area contributed by atoms with Gasteiger partial charge in [0, 0.05) is 12.8 Å². The van der Waals surface area contributed by atoms with Crippen molar-refractivity contribution in [3.8, 4) is 11.5 Å². The third-order valence-electron chi connectivity index (χ3n) is 5.20. The number of carboxylic acid groups (broad SMARTS) is 2. The zero-order valence-corrected chi connectivity index (χ0v) is 22.7. The quantitative estimate of drug-likeness (QED) is 0.208. The van der Waals surface area contributed by atoms with Gasteiger partial charge in [-0.1, -0.05) is 24.3 Å². The van der Waals surface area contributed by atoms with Crippen molar-refractivity contribution in [2.24, 2.45) is 0 Å². The molecule has 0 spiro atoms. The van der Waals surface area contributed by atoms with Gasteiger partial charge in [-0.05, 0) is 73.9 Å². The number of carbonyl (C=O) groups is 2. The molecule has 0 atom stereocenters. The summed E-state index contributed by atoms with van der Waals surface area (Å²) in [5.74, 6) is -1.00.